The third kappa shape index (κ3) is 20.1. The highest BCUT2D eigenvalue weighted by molar-refractivity contribution is 5.85. The molecule has 10 nitrogen and oxygen atoms in total. The fourth-order valence-corrected chi connectivity index (χ4v) is 1.45. The van der Waals surface area contributed by atoms with E-state index in [1.807, 2.05) is 21.1 Å². The molecule has 142 valence electrons. The number of hydrogen-bond donors (Lipinski definition) is 3. The molecule has 0 spiro atoms. The van der Waals surface area contributed by atoms with Crippen LogP contribution in [0.4, 0.5) is 0 Å². The zero-order valence-electron chi connectivity index (χ0n) is 14.1. The van der Waals surface area contributed by atoms with Crippen molar-refractivity contribution in [1.82, 2.24) is 0 Å². The first kappa shape index (κ1) is 27.0. The van der Waals surface area contributed by atoms with Gasteiger partial charge in [0.15, 0.2) is 6.10 Å². The summed E-state index contributed by atoms with van der Waals surface area (Å²) in [5.41, 5.74) is 4.84. The van der Waals surface area contributed by atoms with Gasteiger partial charge >= 0.3 is 17.9 Å². The molecule has 24 heavy (non-hydrogen) atoms. The lowest BCUT2D eigenvalue weighted by Gasteiger charge is -2.28. The molecule has 1 unspecified atom stereocenters. The van der Waals surface area contributed by atoms with Crippen molar-refractivity contribution in [3.05, 3.63) is 0 Å². The van der Waals surface area contributed by atoms with Crippen molar-refractivity contribution in [3.63, 3.8) is 0 Å². The van der Waals surface area contributed by atoms with Crippen molar-refractivity contribution in [1.29, 1.82) is 0 Å². The zero-order chi connectivity index (χ0) is 18.8. The number of aliphatic carboxylic acids is 3. The number of hydrogen-bond acceptors (Lipinski definition) is 7. The van der Waals surface area contributed by atoms with E-state index in [0.717, 1.165) is 0 Å². The number of ether oxygens (including phenoxy) is 1. The molecule has 4 N–H and O–H groups in total. The van der Waals surface area contributed by atoms with E-state index in [1.165, 1.54) is 6.92 Å². The van der Waals surface area contributed by atoms with Crippen LogP contribution in [-0.4, -0.2) is 78.4 Å². The van der Waals surface area contributed by atoms with Gasteiger partial charge in [0.25, 0.3) is 0 Å². The van der Waals surface area contributed by atoms with E-state index < -0.39 is 42.4 Å². The summed E-state index contributed by atoms with van der Waals surface area (Å²) < 4.78 is 5.39. The van der Waals surface area contributed by atoms with E-state index >= 15 is 0 Å². The van der Waals surface area contributed by atoms with Crippen molar-refractivity contribution in [2.75, 3.05) is 27.7 Å². The topological polar surface area (TPSA) is 167 Å². The summed E-state index contributed by atoms with van der Waals surface area (Å²) in [4.78, 5) is 40.7. The molecule has 0 saturated carbocycles. The molecular weight excluding hydrogens is 348 g/mol. The Labute approximate surface area is 146 Å². The number of carboxylic acids is 3. The van der Waals surface area contributed by atoms with Gasteiger partial charge in [0.1, 0.15) is 12.6 Å². The Balaban J connectivity index is -0.000000385. The number of halogens is 1. The van der Waals surface area contributed by atoms with Crippen LogP contribution in [0, 0.1) is 0 Å². The number of likely N-dealkylation sites (N-methyl/N-ethyl adjacent to an activating group) is 1. The number of rotatable bonds is 8. The van der Waals surface area contributed by atoms with Gasteiger partial charge in [-0.25, -0.2) is 0 Å². The summed E-state index contributed by atoms with van der Waals surface area (Å²) in [5.74, 6) is -4.17. The Hall–Kier alpha value is -1.91. The summed E-state index contributed by atoms with van der Waals surface area (Å²) >= 11 is 0. The lowest BCUT2D eigenvalue weighted by molar-refractivity contribution is -0.873. The van der Waals surface area contributed by atoms with Crippen molar-refractivity contribution in [2.45, 2.75) is 31.9 Å². The van der Waals surface area contributed by atoms with Gasteiger partial charge in [0, 0.05) is 19.3 Å². The maximum absolute atomic E-state index is 10.7. The van der Waals surface area contributed by atoms with Crippen LogP contribution >= 0.6 is 12.4 Å². The smallest absolute Gasteiger partial charge is 0.321 e. The van der Waals surface area contributed by atoms with Crippen LogP contribution in [0.2, 0.25) is 0 Å². The van der Waals surface area contributed by atoms with Crippen LogP contribution in [0.25, 0.3) is 0 Å². The lowest BCUT2D eigenvalue weighted by atomic mass is 10.2. The van der Waals surface area contributed by atoms with E-state index in [4.69, 9.17) is 20.7 Å². The van der Waals surface area contributed by atoms with Gasteiger partial charge in [0.05, 0.1) is 27.6 Å². The molecule has 0 aliphatic carbocycles. The van der Waals surface area contributed by atoms with E-state index in [2.05, 4.69) is 0 Å². The first-order chi connectivity index (χ1) is 10.2. The molecule has 2 atom stereocenters. The van der Waals surface area contributed by atoms with Crippen LogP contribution in [0.5, 0.6) is 0 Å². The lowest BCUT2D eigenvalue weighted by Crippen LogP contribution is -2.45. The molecular formula is C13H25ClN2O8. The SMILES string of the molecule is CC(=O)OC(CC(=O)[O-])C[N+](C)(C)C.Cl.N[C@@H](CC(=O)O)C(=O)O. The number of carbonyl (C=O) groups is 4. The van der Waals surface area contributed by atoms with Crippen LogP contribution in [-0.2, 0) is 23.9 Å². The maximum atomic E-state index is 10.7. The normalized spacial score (nSPS) is 12.5. The minimum atomic E-state index is -1.29. The highest BCUT2D eigenvalue weighted by Crippen LogP contribution is 2.04. The largest absolute Gasteiger partial charge is 0.550 e. The van der Waals surface area contributed by atoms with Crippen LogP contribution < -0.4 is 10.8 Å². The van der Waals surface area contributed by atoms with Gasteiger partial charge in [-0.15, -0.1) is 12.4 Å². The Kier molecular flexibility index (Phi) is 14.0. The minimum Gasteiger partial charge on any atom is -0.550 e. The quantitative estimate of drug-likeness (QED) is 0.324. The number of carbonyl (C=O) groups excluding carboxylic acids is 2. The molecule has 0 amide bonds. The predicted molar refractivity (Wildman–Crippen MR) is 83.2 cm³/mol. The minimum absolute atomic E-state index is 0. The standard InChI is InChI=1S/C9H17NO4.C4H7NO4.ClH/c1-7(11)14-8(5-9(12)13)6-10(2,3)4;5-2(4(8)9)1-3(6)7;/h8H,5-6H2,1-4H3;2H,1,5H2,(H,6,7)(H,8,9);1H/t;2-;/m.0./s1. The van der Waals surface area contributed by atoms with E-state index in [1.54, 1.807) is 0 Å². The molecule has 0 aromatic carbocycles. The second kappa shape index (κ2) is 12.5. The molecule has 0 aliphatic rings. The fraction of sp³-hybridized carbons (Fsp3) is 0.692. The van der Waals surface area contributed by atoms with Crippen molar-refractivity contribution in [2.24, 2.45) is 5.73 Å². The van der Waals surface area contributed by atoms with Crippen LogP contribution in [0.3, 0.4) is 0 Å². The van der Waals surface area contributed by atoms with Gasteiger partial charge < -0.3 is 35.1 Å². The monoisotopic (exact) mass is 372 g/mol. The maximum Gasteiger partial charge on any atom is 0.321 e. The molecule has 0 aromatic heterocycles. The van der Waals surface area contributed by atoms with Gasteiger partial charge in [-0.1, -0.05) is 0 Å². The summed E-state index contributed by atoms with van der Waals surface area (Å²) in [6.07, 6.45) is -1.40. The number of carboxylic acid groups (broad SMARTS) is 3. The number of quaternary nitrogens is 1. The first-order valence-electron chi connectivity index (χ1n) is 6.62. The number of nitrogens with two attached hydrogens (primary N) is 1. The van der Waals surface area contributed by atoms with E-state index in [-0.39, 0.29) is 18.8 Å². The average molecular weight is 373 g/mol. The number of nitrogens with zero attached hydrogens (tertiary/aromatic N) is 1. The second-order valence-corrected chi connectivity index (χ2v) is 5.82. The van der Waals surface area contributed by atoms with Gasteiger partial charge in [-0.3, -0.25) is 14.4 Å². The Morgan fingerprint density at radius 3 is 1.79 bits per heavy atom. The summed E-state index contributed by atoms with van der Waals surface area (Å²) in [7, 11) is 5.68. The molecule has 0 aliphatic heterocycles. The van der Waals surface area contributed by atoms with E-state index in [9.17, 15) is 24.3 Å². The molecule has 0 radical (unpaired) electrons. The summed E-state index contributed by atoms with van der Waals surface area (Å²) in [5, 5.41) is 26.4. The first-order valence-corrected chi connectivity index (χ1v) is 6.62. The molecule has 0 saturated heterocycles. The molecule has 0 aromatic rings. The Bertz CT molecular complexity index is 420. The molecule has 0 fully saturated rings. The second-order valence-electron chi connectivity index (χ2n) is 5.82. The highest BCUT2D eigenvalue weighted by Gasteiger charge is 2.20. The molecule has 0 heterocycles. The van der Waals surface area contributed by atoms with Crippen LogP contribution in [0.1, 0.15) is 19.8 Å². The van der Waals surface area contributed by atoms with Crippen molar-refractivity contribution < 1.29 is 43.7 Å². The average Bonchev–Trinajstić information content (AvgIpc) is 2.23. The number of esters is 1. The van der Waals surface area contributed by atoms with Gasteiger partial charge in [-0.2, -0.15) is 0 Å². The van der Waals surface area contributed by atoms with Crippen LogP contribution in [0.15, 0.2) is 0 Å². The fourth-order valence-electron chi connectivity index (χ4n) is 1.45. The Morgan fingerprint density at radius 1 is 1.12 bits per heavy atom. The van der Waals surface area contributed by atoms with Crippen molar-refractivity contribution in [3.8, 4) is 0 Å². The van der Waals surface area contributed by atoms with Crippen molar-refractivity contribution >= 4 is 36.3 Å². The predicted octanol–water partition coefficient (Wildman–Crippen LogP) is -1.94. The molecule has 11 heteroatoms. The summed E-state index contributed by atoms with van der Waals surface area (Å²) in [6.45, 7) is 1.71. The zero-order valence-corrected chi connectivity index (χ0v) is 14.9. The van der Waals surface area contributed by atoms with Gasteiger partial charge in [-0.05, 0) is 0 Å². The molecule has 0 bridgehead atoms. The van der Waals surface area contributed by atoms with E-state index in [0.29, 0.717) is 11.0 Å². The van der Waals surface area contributed by atoms with Gasteiger partial charge in [0.2, 0.25) is 0 Å². The Morgan fingerprint density at radius 2 is 1.58 bits per heavy atom. The highest BCUT2D eigenvalue weighted by atomic mass is 35.5. The third-order valence-electron chi connectivity index (χ3n) is 2.19. The summed E-state index contributed by atoms with van der Waals surface area (Å²) in [6, 6.07) is -1.29. The molecule has 0 rings (SSSR count). The third-order valence-corrected chi connectivity index (χ3v) is 2.19.